The predicted octanol–water partition coefficient (Wildman–Crippen LogP) is 5.26. The number of ether oxygens (including phenoxy) is 1. The highest BCUT2D eigenvalue weighted by Crippen LogP contribution is 2.37. The second-order valence-electron chi connectivity index (χ2n) is 7.26. The van der Waals surface area contributed by atoms with Gasteiger partial charge in [-0.3, -0.25) is 0 Å². The number of aryl methyl sites for hydroxylation is 2. The van der Waals surface area contributed by atoms with Crippen LogP contribution in [-0.2, 0) is 29.9 Å². The number of anilines is 1. The standard InChI is InChI=1S/C22H20N4O2S3/c23-20-19-14-5-1-4-8-17(14)31-21(19)26-18(25-20)9-28-22(27)15-6-2-3-7-16(15)30-11-13-10-29-12-24-13/h2-3,6-7,10,12H,1,4-5,8-9,11H2,(H2,23,25,26). The van der Waals surface area contributed by atoms with Crippen molar-refractivity contribution in [2.75, 3.05) is 5.73 Å². The number of fused-ring (bicyclic) bond motifs is 3. The number of thioether (sulfide) groups is 1. The van der Waals surface area contributed by atoms with Gasteiger partial charge in [-0.2, -0.15) is 0 Å². The number of hydrogen-bond acceptors (Lipinski definition) is 9. The van der Waals surface area contributed by atoms with Crippen LogP contribution in [0.1, 0.15) is 45.2 Å². The monoisotopic (exact) mass is 468 g/mol. The number of nitrogens with two attached hydrogens (primary N) is 1. The third-order valence-electron chi connectivity index (χ3n) is 5.19. The predicted molar refractivity (Wildman–Crippen MR) is 126 cm³/mol. The van der Waals surface area contributed by atoms with E-state index in [1.54, 1.807) is 40.5 Å². The molecule has 9 heteroatoms. The number of nitrogen functional groups attached to an aromatic ring is 1. The molecule has 0 unspecified atom stereocenters. The molecular formula is C22H20N4O2S3. The van der Waals surface area contributed by atoms with Gasteiger partial charge in [0.15, 0.2) is 12.4 Å². The lowest BCUT2D eigenvalue weighted by molar-refractivity contribution is 0.0458. The summed E-state index contributed by atoms with van der Waals surface area (Å²) in [4.78, 5) is 29.2. The van der Waals surface area contributed by atoms with Crippen LogP contribution in [0.2, 0.25) is 0 Å². The quantitative estimate of drug-likeness (QED) is 0.305. The van der Waals surface area contributed by atoms with Crippen LogP contribution < -0.4 is 5.73 Å². The molecule has 3 heterocycles. The van der Waals surface area contributed by atoms with Crippen molar-refractivity contribution in [3.05, 3.63) is 62.7 Å². The third-order valence-corrected chi connectivity index (χ3v) is 8.12. The molecule has 0 amide bonds. The minimum atomic E-state index is -0.394. The van der Waals surface area contributed by atoms with Crippen molar-refractivity contribution in [1.82, 2.24) is 15.0 Å². The second kappa shape index (κ2) is 8.94. The molecule has 4 aromatic rings. The van der Waals surface area contributed by atoms with Crippen LogP contribution >= 0.6 is 34.4 Å². The largest absolute Gasteiger partial charge is 0.454 e. The molecule has 5 rings (SSSR count). The Balaban J connectivity index is 1.31. The average Bonchev–Trinajstić information content (AvgIpc) is 3.44. The molecule has 6 nitrogen and oxygen atoms in total. The van der Waals surface area contributed by atoms with Gasteiger partial charge in [0, 0.05) is 20.9 Å². The highest BCUT2D eigenvalue weighted by molar-refractivity contribution is 7.98. The summed E-state index contributed by atoms with van der Waals surface area (Å²) in [7, 11) is 0. The summed E-state index contributed by atoms with van der Waals surface area (Å²) in [6, 6.07) is 7.44. The normalized spacial score (nSPS) is 13.3. The molecule has 1 aliphatic carbocycles. The van der Waals surface area contributed by atoms with Crippen molar-refractivity contribution >= 4 is 56.4 Å². The maximum absolute atomic E-state index is 12.8. The highest BCUT2D eigenvalue weighted by atomic mass is 32.2. The van der Waals surface area contributed by atoms with Gasteiger partial charge < -0.3 is 10.5 Å². The van der Waals surface area contributed by atoms with Crippen molar-refractivity contribution in [3.8, 4) is 0 Å². The van der Waals surface area contributed by atoms with E-state index in [1.165, 1.54) is 23.3 Å². The van der Waals surface area contributed by atoms with Crippen molar-refractivity contribution in [2.45, 2.75) is 42.9 Å². The minimum Gasteiger partial charge on any atom is -0.454 e. The third kappa shape index (κ3) is 4.30. The lowest BCUT2D eigenvalue weighted by Crippen LogP contribution is -2.09. The van der Waals surface area contributed by atoms with Gasteiger partial charge in [0.05, 0.1) is 22.2 Å². The number of nitrogens with zero attached hydrogens (tertiary/aromatic N) is 3. The molecule has 0 saturated heterocycles. The van der Waals surface area contributed by atoms with Gasteiger partial charge in [-0.25, -0.2) is 19.7 Å². The lowest BCUT2D eigenvalue weighted by Gasteiger charge is -2.11. The average molecular weight is 469 g/mol. The van der Waals surface area contributed by atoms with Crippen LogP contribution in [0.3, 0.4) is 0 Å². The maximum Gasteiger partial charge on any atom is 0.339 e. The number of hydrogen-bond donors (Lipinski definition) is 1. The van der Waals surface area contributed by atoms with Gasteiger partial charge in [0.25, 0.3) is 0 Å². The number of thiophene rings is 1. The smallest absolute Gasteiger partial charge is 0.339 e. The summed E-state index contributed by atoms with van der Waals surface area (Å²) < 4.78 is 5.56. The van der Waals surface area contributed by atoms with E-state index in [1.807, 2.05) is 29.1 Å². The molecule has 3 aromatic heterocycles. The molecule has 0 radical (unpaired) electrons. The van der Waals surface area contributed by atoms with E-state index in [0.717, 1.165) is 33.6 Å². The summed E-state index contributed by atoms with van der Waals surface area (Å²) in [5, 5.41) is 2.99. The van der Waals surface area contributed by atoms with E-state index in [4.69, 9.17) is 10.5 Å². The summed E-state index contributed by atoms with van der Waals surface area (Å²) in [5.41, 5.74) is 10.9. The molecule has 31 heavy (non-hydrogen) atoms. The first kappa shape index (κ1) is 20.4. The van der Waals surface area contributed by atoms with E-state index in [0.29, 0.717) is 23.0 Å². The topological polar surface area (TPSA) is 91.0 Å². The number of carbonyl (C=O) groups is 1. The Morgan fingerprint density at radius 1 is 1.19 bits per heavy atom. The van der Waals surface area contributed by atoms with E-state index < -0.39 is 5.97 Å². The summed E-state index contributed by atoms with van der Waals surface area (Å²) in [6.07, 6.45) is 4.50. The SMILES string of the molecule is Nc1nc(COC(=O)c2ccccc2SCc2cscn2)nc2sc3c(c12)CCCC3. The van der Waals surface area contributed by atoms with E-state index in [9.17, 15) is 4.79 Å². The molecule has 0 bridgehead atoms. The molecule has 158 valence electrons. The first-order valence-corrected chi connectivity index (χ1v) is 12.8. The molecule has 0 aliphatic heterocycles. The molecule has 1 aliphatic rings. The van der Waals surface area contributed by atoms with Gasteiger partial charge in [-0.15, -0.1) is 34.4 Å². The zero-order valence-corrected chi connectivity index (χ0v) is 19.1. The number of rotatable bonds is 6. The van der Waals surface area contributed by atoms with Crippen LogP contribution in [0.5, 0.6) is 0 Å². The highest BCUT2D eigenvalue weighted by Gasteiger charge is 2.21. The van der Waals surface area contributed by atoms with E-state index in [2.05, 4.69) is 15.0 Å². The maximum atomic E-state index is 12.8. The lowest BCUT2D eigenvalue weighted by atomic mass is 9.97. The molecular weight excluding hydrogens is 448 g/mol. The fourth-order valence-corrected chi connectivity index (χ4v) is 6.62. The van der Waals surface area contributed by atoms with Crippen molar-refractivity contribution < 1.29 is 9.53 Å². The Labute approximate surface area is 191 Å². The zero-order chi connectivity index (χ0) is 21.2. The Morgan fingerprint density at radius 2 is 2.06 bits per heavy atom. The number of thiazole rings is 1. The fourth-order valence-electron chi connectivity index (χ4n) is 3.73. The number of aromatic nitrogens is 3. The molecule has 0 fully saturated rings. The first-order chi connectivity index (χ1) is 15.2. The van der Waals surface area contributed by atoms with Gasteiger partial charge in [-0.05, 0) is 43.4 Å². The van der Waals surface area contributed by atoms with Gasteiger partial charge >= 0.3 is 5.97 Å². The summed E-state index contributed by atoms with van der Waals surface area (Å²) in [6.45, 7) is -0.00731. The van der Waals surface area contributed by atoms with Crippen LogP contribution in [-0.4, -0.2) is 20.9 Å². The van der Waals surface area contributed by atoms with E-state index in [-0.39, 0.29) is 6.61 Å². The number of benzene rings is 1. The molecule has 0 saturated carbocycles. The Kier molecular flexibility index (Phi) is 5.89. The Hall–Kier alpha value is -2.49. The molecule has 1 aromatic carbocycles. The van der Waals surface area contributed by atoms with Crippen molar-refractivity contribution in [2.24, 2.45) is 0 Å². The fraction of sp³-hybridized carbons (Fsp3) is 0.273. The molecule has 0 atom stereocenters. The molecule has 0 spiro atoms. The van der Waals surface area contributed by atoms with Crippen molar-refractivity contribution in [3.63, 3.8) is 0 Å². The zero-order valence-electron chi connectivity index (χ0n) is 16.7. The van der Waals surface area contributed by atoms with Crippen molar-refractivity contribution in [1.29, 1.82) is 0 Å². The van der Waals surface area contributed by atoms with Gasteiger partial charge in [0.1, 0.15) is 10.6 Å². The van der Waals surface area contributed by atoms with Crippen LogP contribution in [0.4, 0.5) is 5.82 Å². The van der Waals surface area contributed by atoms with Gasteiger partial charge in [-0.1, -0.05) is 12.1 Å². The van der Waals surface area contributed by atoms with Gasteiger partial charge in [0.2, 0.25) is 0 Å². The van der Waals surface area contributed by atoms with E-state index >= 15 is 0 Å². The van der Waals surface area contributed by atoms with Crippen LogP contribution in [0, 0.1) is 0 Å². The second-order valence-corrected chi connectivity index (χ2v) is 10.1. The summed E-state index contributed by atoms with van der Waals surface area (Å²) >= 11 is 4.82. The van der Waals surface area contributed by atoms with Crippen LogP contribution in [0.25, 0.3) is 10.2 Å². The number of esters is 1. The first-order valence-electron chi connectivity index (χ1n) is 10.0. The Bertz CT molecular complexity index is 1240. The summed E-state index contributed by atoms with van der Waals surface area (Å²) in [5.74, 6) is 1.22. The van der Waals surface area contributed by atoms with Crippen LogP contribution in [0.15, 0.2) is 40.1 Å². The minimum absolute atomic E-state index is 0.00731. The number of carbonyl (C=O) groups excluding carboxylic acids is 1. The Morgan fingerprint density at radius 3 is 2.94 bits per heavy atom. The molecule has 2 N–H and O–H groups in total.